The molecule has 6 nitrogen and oxygen atoms in total. The summed E-state index contributed by atoms with van der Waals surface area (Å²) in [5.74, 6) is 0.000208. The standard InChI is InChI=1S/C19H22N2O4/c1-3-17(16-7-8-18(24)12(2)19(16)25)21-11-15(23)10-20-13-5-4-6-14(22)9-13/h4-9,20,22,24-25H,3,10-11H2,1-2H3. The van der Waals surface area contributed by atoms with Gasteiger partial charge < -0.3 is 20.6 Å². The first-order valence-electron chi connectivity index (χ1n) is 8.02. The van der Waals surface area contributed by atoms with Gasteiger partial charge in [0.2, 0.25) is 0 Å². The third-order valence-electron chi connectivity index (χ3n) is 3.83. The molecule has 0 aliphatic heterocycles. The monoisotopic (exact) mass is 342 g/mol. The quantitative estimate of drug-likeness (QED) is 0.579. The fourth-order valence-corrected chi connectivity index (χ4v) is 2.37. The second-order valence-corrected chi connectivity index (χ2v) is 5.66. The Labute approximate surface area is 146 Å². The molecule has 132 valence electrons. The zero-order valence-electron chi connectivity index (χ0n) is 14.3. The Morgan fingerprint density at radius 3 is 2.60 bits per heavy atom. The molecule has 2 rings (SSSR count). The number of aliphatic imine (C=N–C) groups is 1. The van der Waals surface area contributed by atoms with E-state index >= 15 is 0 Å². The van der Waals surface area contributed by atoms with Crippen LogP contribution in [-0.4, -0.2) is 39.9 Å². The first kappa shape index (κ1) is 18.3. The number of anilines is 1. The third kappa shape index (κ3) is 4.73. The highest BCUT2D eigenvalue weighted by atomic mass is 16.3. The van der Waals surface area contributed by atoms with Gasteiger partial charge in [-0.25, -0.2) is 0 Å². The third-order valence-corrected chi connectivity index (χ3v) is 3.83. The van der Waals surface area contributed by atoms with Gasteiger partial charge in [-0.15, -0.1) is 0 Å². The Bertz CT molecular complexity index is 800. The van der Waals surface area contributed by atoms with Crippen molar-refractivity contribution >= 4 is 17.2 Å². The summed E-state index contributed by atoms with van der Waals surface area (Å²) in [5.41, 5.74) is 2.16. The first-order chi connectivity index (χ1) is 11.9. The van der Waals surface area contributed by atoms with Gasteiger partial charge in [-0.05, 0) is 37.6 Å². The molecule has 0 saturated carbocycles. The highest BCUT2D eigenvalue weighted by Crippen LogP contribution is 2.30. The molecule has 0 heterocycles. The maximum absolute atomic E-state index is 12.0. The lowest BCUT2D eigenvalue weighted by atomic mass is 10.0. The molecular weight excluding hydrogens is 320 g/mol. The van der Waals surface area contributed by atoms with Crippen LogP contribution in [0.3, 0.4) is 0 Å². The number of phenolic OH excluding ortho intramolecular Hbond substituents is 3. The molecule has 0 saturated heterocycles. The molecule has 4 N–H and O–H groups in total. The van der Waals surface area contributed by atoms with E-state index in [1.165, 1.54) is 12.1 Å². The van der Waals surface area contributed by atoms with Crippen molar-refractivity contribution in [1.29, 1.82) is 0 Å². The van der Waals surface area contributed by atoms with Crippen molar-refractivity contribution < 1.29 is 20.1 Å². The molecule has 0 fully saturated rings. The average molecular weight is 342 g/mol. The van der Waals surface area contributed by atoms with E-state index in [1.807, 2.05) is 6.92 Å². The molecule has 6 heteroatoms. The zero-order valence-corrected chi connectivity index (χ0v) is 14.3. The molecule has 0 radical (unpaired) electrons. The SMILES string of the molecule is CCC(=NCC(=O)CNc1cccc(O)c1)c1ccc(O)c(C)c1O. The number of nitrogens with one attached hydrogen (secondary N) is 1. The van der Waals surface area contributed by atoms with Crippen molar-refractivity contribution in [1.82, 2.24) is 0 Å². The van der Waals surface area contributed by atoms with E-state index in [1.54, 1.807) is 31.2 Å². The minimum Gasteiger partial charge on any atom is -0.508 e. The lowest BCUT2D eigenvalue weighted by Crippen LogP contribution is -2.17. The minimum atomic E-state index is -0.121. The van der Waals surface area contributed by atoms with Crippen molar-refractivity contribution in [2.75, 3.05) is 18.4 Å². The molecule has 0 spiro atoms. The number of carbonyl (C=O) groups excluding carboxylic acids is 1. The molecule has 0 aliphatic carbocycles. The van der Waals surface area contributed by atoms with Crippen LogP contribution in [0.4, 0.5) is 5.69 Å². The number of benzene rings is 2. The van der Waals surface area contributed by atoms with Gasteiger partial charge in [0.05, 0.1) is 13.1 Å². The number of rotatable bonds is 7. The predicted molar refractivity (Wildman–Crippen MR) is 97.8 cm³/mol. The highest BCUT2D eigenvalue weighted by Gasteiger charge is 2.13. The summed E-state index contributed by atoms with van der Waals surface area (Å²) in [6.07, 6.45) is 0.547. The van der Waals surface area contributed by atoms with E-state index in [4.69, 9.17) is 0 Å². The van der Waals surface area contributed by atoms with Gasteiger partial charge in [-0.3, -0.25) is 9.79 Å². The maximum Gasteiger partial charge on any atom is 0.173 e. The second-order valence-electron chi connectivity index (χ2n) is 5.66. The Hall–Kier alpha value is -3.02. The number of hydrogen-bond acceptors (Lipinski definition) is 6. The number of Topliss-reactive ketones (excluding diaryl/α,β-unsaturated/α-hetero) is 1. The lowest BCUT2D eigenvalue weighted by molar-refractivity contribution is -0.116. The Morgan fingerprint density at radius 2 is 1.92 bits per heavy atom. The summed E-state index contributed by atoms with van der Waals surface area (Å²) in [6, 6.07) is 9.62. The first-order valence-corrected chi connectivity index (χ1v) is 8.02. The molecule has 25 heavy (non-hydrogen) atoms. The molecular formula is C19H22N2O4. The molecule has 0 unspecified atom stereocenters. The van der Waals surface area contributed by atoms with Crippen molar-refractivity contribution in [2.45, 2.75) is 20.3 Å². The number of carbonyl (C=O) groups is 1. The number of hydrogen-bond donors (Lipinski definition) is 4. The number of nitrogens with zero attached hydrogens (tertiary/aromatic N) is 1. The Morgan fingerprint density at radius 1 is 1.16 bits per heavy atom. The number of aromatic hydroxyl groups is 3. The van der Waals surface area contributed by atoms with Crippen LogP contribution in [0, 0.1) is 6.92 Å². The molecule has 0 atom stereocenters. The van der Waals surface area contributed by atoms with Gasteiger partial charge in [-0.2, -0.15) is 0 Å². The van der Waals surface area contributed by atoms with Crippen LogP contribution in [-0.2, 0) is 4.79 Å². The van der Waals surface area contributed by atoms with Crippen LogP contribution in [0.15, 0.2) is 41.4 Å². The fourth-order valence-electron chi connectivity index (χ4n) is 2.37. The van der Waals surface area contributed by atoms with Crippen LogP contribution in [0.2, 0.25) is 0 Å². The van der Waals surface area contributed by atoms with Crippen molar-refractivity contribution in [3.8, 4) is 17.2 Å². The molecule has 0 amide bonds. The van der Waals surface area contributed by atoms with Gasteiger partial charge in [-0.1, -0.05) is 13.0 Å². The molecule has 2 aromatic rings. The van der Waals surface area contributed by atoms with Gasteiger partial charge in [0.15, 0.2) is 5.78 Å². The summed E-state index contributed by atoms with van der Waals surface area (Å²) in [5, 5.41) is 32.1. The smallest absolute Gasteiger partial charge is 0.173 e. The van der Waals surface area contributed by atoms with Crippen molar-refractivity contribution in [2.24, 2.45) is 4.99 Å². The van der Waals surface area contributed by atoms with Crippen LogP contribution in [0.5, 0.6) is 17.2 Å². The molecule has 0 bridgehead atoms. The van der Waals surface area contributed by atoms with E-state index in [-0.39, 0.29) is 36.1 Å². The second kappa shape index (κ2) is 8.19. The number of phenols is 3. The summed E-state index contributed by atoms with van der Waals surface area (Å²) < 4.78 is 0. The van der Waals surface area contributed by atoms with E-state index in [0.717, 1.165) is 0 Å². The van der Waals surface area contributed by atoms with E-state index in [0.29, 0.717) is 28.9 Å². The highest BCUT2D eigenvalue weighted by molar-refractivity contribution is 6.04. The van der Waals surface area contributed by atoms with Crippen LogP contribution < -0.4 is 5.32 Å². The zero-order chi connectivity index (χ0) is 18.4. The molecule has 0 aliphatic rings. The molecule has 2 aromatic carbocycles. The normalized spacial score (nSPS) is 11.4. The Kier molecular flexibility index (Phi) is 6.00. The van der Waals surface area contributed by atoms with Crippen LogP contribution in [0.25, 0.3) is 0 Å². The average Bonchev–Trinajstić information content (AvgIpc) is 2.60. The maximum atomic E-state index is 12.0. The van der Waals surface area contributed by atoms with Gasteiger partial charge in [0.1, 0.15) is 17.2 Å². The van der Waals surface area contributed by atoms with E-state index < -0.39 is 0 Å². The molecule has 0 aromatic heterocycles. The van der Waals surface area contributed by atoms with Crippen LogP contribution in [0.1, 0.15) is 24.5 Å². The predicted octanol–water partition coefficient (Wildman–Crippen LogP) is 2.99. The van der Waals surface area contributed by atoms with Crippen molar-refractivity contribution in [3.63, 3.8) is 0 Å². The number of ketones is 1. The topological polar surface area (TPSA) is 102 Å². The summed E-state index contributed by atoms with van der Waals surface area (Å²) in [7, 11) is 0. The largest absolute Gasteiger partial charge is 0.508 e. The minimum absolute atomic E-state index is 0.0168. The van der Waals surface area contributed by atoms with E-state index in [9.17, 15) is 20.1 Å². The summed E-state index contributed by atoms with van der Waals surface area (Å²) in [4.78, 5) is 16.3. The summed E-state index contributed by atoms with van der Waals surface area (Å²) >= 11 is 0. The van der Waals surface area contributed by atoms with Gasteiger partial charge >= 0.3 is 0 Å². The van der Waals surface area contributed by atoms with E-state index in [2.05, 4.69) is 10.3 Å². The summed E-state index contributed by atoms with van der Waals surface area (Å²) in [6.45, 7) is 3.57. The Balaban J connectivity index is 2.03. The fraction of sp³-hybridized carbons (Fsp3) is 0.263. The van der Waals surface area contributed by atoms with Crippen LogP contribution >= 0.6 is 0 Å². The van der Waals surface area contributed by atoms with Gasteiger partial charge in [0, 0.05) is 28.6 Å². The van der Waals surface area contributed by atoms with Crippen molar-refractivity contribution in [3.05, 3.63) is 47.5 Å². The lowest BCUT2D eigenvalue weighted by Gasteiger charge is -2.10. The van der Waals surface area contributed by atoms with Gasteiger partial charge in [0.25, 0.3) is 0 Å².